The lowest BCUT2D eigenvalue weighted by atomic mass is 9.95. The fraction of sp³-hybridized carbons (Fsp3) is 0.444. The number of rotatable bonds is 6. The van der Waals surface area contributed by atoms with E-state index in [-0.39, 0.29) is 17.1 Å². The van der Waals surface area contributed by atoms with Gasteiger partial charge in [-0.2, -0.15) is 0 Å². The van der Waals surface area contributed by atoms with Gasteiger partial charge in [0.15, 0.2) is 0 Å². The number of aryl methyl sites for hydroxylation is 1. The van der Waals surface area contributed by atoms with Crippen LogP contribution in [-0.2, 0) is 28.1 Å². The van der Waals surface area contributed by atoms with Crippen LogP contribution >= 0.6 is 23.1 Å². The standard InChI is InChI=1S/C18H21NO4S2/c1-11(24-10-12-6-5-9-23-12)16(20)19-17-15(18(21)22-2)13-7-3-4-8-14(13)25-17/h5-6,9,11H,3-4,7-8,10H2,1-2H3,(H,19,20)/t11-/m0/s1. The largest absolute Gasteiger partial charge is 0.468 e. The summed E-state index contributed by atoms with van der Waals surface area (Å²) in [7, 11) is 1.38. The summed E-state index contributed by atoms with van der Waals surface area (Å²) in [6.45, 7) is 1.86. The first-order valence-corrected chi connectivity index (χ1v) is 10.1. The highest BCUT2D eigenvalue weighted by molar-refractivity contribution is 7.99. The van der Waals surface area contributed by atoms with Crippen molar-refractivity contribution in [3.63, 3.8) is 0 Å². The van der Waals surface area contributed by atoms with Gasteiger partial charge in [0.1, 0.15) is 10.8 Å². The monoisotopic (exact) mass is 379 g/mol. The Morgan fingerprint density at radius 1 is 1.40 bits per heavy atom. The molecule has 25 heavy (non-hydrogen) atoms. The lowest BCUT2D eigenvalue weighted by Gasteiger charge is -2.13. The van der Waals surface area contributed by atoms with Crippen molar-refractivity contribution < 1.29 is 18.7 Å². The van der Waals surface area contributed by atoms with E-state index in [1.165, 1.54) is 35.1 Å². The van der Waals surface area contributed by atoms with E-state index in [1.807, 2.05) is 19.1 Å². The number of ether oxygens (including phenoxy) is 1. The predicted molar refractivity (Wildman–Crippen MR) is 100 cm³/mol. The molecule has 0 saturated heterocycles. The molecule has 0 unspecified atom stereocenters. The Labute approximate surface area is 155 Å². The molecule has 2 aromatic heterocycles. The smallest absolute Gasteiger partial charge is 0.341 e. The molecule has 0 radical (unpaired) electrons. The Hall–Kier alpha value is -1.73. The second kappa shape index (κ2) is 8.10. The number of thioether (sulfide) groups is 1. The number of esters is 1. The molecule has 0 fully saturated rings. The molecule has 2 heterocycles. The molecule has 0 bridgehead atoms. The van der Waals surface area contributed by atoms with Crippen LogP contribution in [0.1, 0.15) is 46.3 Å². The van der Waals surface area contributed by atoms with Gasteiger partial charge in [0.05, 0.1) is 29.9 Å². The lowest BCUT2D eigenvalue weighted by molar-refractivity contribution is -0.115. The van der Waals surface area contributed by atoms with E-state index >= 15 is 0 Å². The number of furan rings is 1. The minimum absolute atomic E-state index is 0.111. The molecule has 0 spiro atoms. The Balaban J connectivity index is 1.71. The lowest BCUT2D eigenvalue weighted by Crippen LogP contribution is -2.23. The molecule has 1 aliphatic carbocycles. The number of amides is 1. The van der Waals surface area contributed by atoms with E-state index in [4.69, 9.17) is 9.15 Å². The van der Waals surface area contributed by atoms with E-state index in [9.17, 15) is 9.59 Å². The fourth-order valence-electron chi connectivity index (χ4n) is 2.86. The third-order valence-corrected chi connectivity index (χ3v) is 6.59. The summed E-state index contributed by atoms with van der Waals surface area (Å²) in [5, 5.41) is 3.30. The summed E-state index contributed by atoms with van der Waals surface area (Å²) in [5.74, 6) is 0.990. The van der Waals surface area contributed by atoms with Crippen molar-refractivity contribution >= 4 is 40.0 Å². The van der Waals surface area contributed by atoms with Crippen molar-refractivity contribution in [3.05, 3.63) is 40.2 Å². The van der Waals surface area contributed by atoms with Crippen LogP contribution in [0.15, 0.2) is 22.8 Å². The number of thiophene rings is 1. The van der Waals surface area contributed by atoms with Crippen LogP contribution in [0.2, 0.25) is 0 Å². The third kappa shape index (κ3) is 4.10. The first-order valence-electron chi connectivity index (χ1n) is 8.28. The van der Waals surface area contributed by atoms with Gasteiger partial charge < -0.3 is 14.5 Å². The zero-order chi connectivity index (χ0) is 17.8. The number of methoxy groups -OCH3 is 1. The molecule has 1 amide bonds. The van der Waals surface area contributed by atoms with E-state index in [0.717, 1.165) is 37.0 Å². The van der Waals surface area contributed by atoms with Crippen LogP contribution in [0, 0.1) is 0 Å². The van der Waals surface area contributed by atoms with Crippen molar-refractivity contribution in [2.45, 2.75) is 43.6 Å². The van der Waals surface area contributed by atoms with Crippen LogP contribution in [0.5, 0.6) is 0 Å². The van der Waals surface area contributed by atoms with E-state index in [1.54, 1.807) is 6.26 Å². The molecule has 0 aromatic carbocycles. The number of anilines is 1. The number of hydrogen-bond acceptors (Lipinski definition) is 6. The number of nitrogens with one attached hydrogen (secondary N) is 1. The third-order valence-electron chi connectivity index (χ3n) is 4.22. The van der Waals surface area contributed by atoms with Gasteiger partial charge in [0, 0.05) is 4.88 Å². The predicted octanol–water partition coefficient (Wildman–Crippen LogP) is 4.27. The summed E-state index contributed by atoms with van der Waals surface area (Å²) in [5.41, 5.74) is 1.59. The van der Waals surface area contributed by atoms with E-state index in [0.29, 0.717) is 16.3 Å². The minimum atomic E-state index is -0.370. The fourth-order valence-corrected chi connectivity index (χ4v) is 4.93. The minimum Gasteiger partial charge on any atom is -0.468 e. The number of carbonyl (C=O) groups excluding carboxylic acids is 2. The maximum Gasteiger partial charge on any atom is 0.341 e. The first kappa shape index (κ1) is 18.1. The Morgan fingerprint density at radius 2 is 2.20 bits per heavy atom. The van der Waals surface area contributed by atoms with Gasteiger partial charge >= 0.3 is 5.97 Å². The summed E-state index contributed by atoms with van der Waals surface area (Å²) >= 11 is 3.01. The van der Waals surface area contributed by atoms with Gasteiger partial charge in [-0.25, -0.2) is 4.79 Å². The highest BCUT2D eigenvalue weighted by Crippen LogP contribution is 2.38. The molecular formula is C18H21NO4S2. The first-order chi connectivity index (χ1) is 12.1. The summed E-state index contributed by atoms with van der Waals surface area (Å²) in [6, 6.07) is 3.72. The normalized spacial score (nSPS) is 14.6. The van der Waals surface area contributed by atoms with Gasteiger partial charge in [0.25, 0.3) is 0 Å². The maximum atomic E-state index is 12.5. The van der Waals surface area contributed by atoms with Gasteiger partial charge in [-0.3, -0.25) is 4.79 Å². The zero-order valence-corrected chi connectivity index (χ0v) is 15.9. The Morgan fingerprint density at radius 3 is 2.92 bits per heavy atom. The van der Waals surface area contributed by atoms with Crippen molar-refractivity contribution in [2.75, 3.05) is 12.4 Å². The molecule has 3 rings (SSSR count). The second-order valence-electron chi connectivity index (χ2n) is 5.93. The molecule has 0 aliphatic heterocycles. The average Bonchev–Trinajstić information content (AvgIpc) is 3.26. The number of carbonyl (C=O) groups is 2. The van der Waals surface area contributed by atoms with Crippen molar-refractivity contribution in [3.8, 4) is 0 Å². The zero-order valence-electron chi connectivity index (χ0n) is 14.3. The van der Waals surface area contributed by atoms with Crippen molar-refractivity contribution in [2.24, 2.45) is 0 Å². The van der Waals surface area contributed by atoms with Crippen LogP contribution < -0.4 is 5.32 Å². The molecule has 1 atom stereocenters. The number of hydrogen-bond donors (Lipinski definition) is 1. The average molecular weight is 380 g/mol. The molecule has 2 aromatic rings. The van der Waals surface area contributed by atoms with Gasteiger partial charge in [0.2, 0.25) is 5.91 Å². The SMILES string of the molecule is COC(=O)c1c(NC(=O)[C@H](C)SCc2ccco2)sc2c1CCCC2. The molecule has 1 N–H and O–H groups in total. The highest BCUT2D eigenvalue weighted by atomic mass is 32.2. The van der Waals surface area contributed by atoms with Crippen molar-refractivity contribution in [1.29, 1.82) is 0 Å². The molecule has 1 aliphatic rings. The summed E-state index contributed by atoms with van der Waals surface area (Å²) in [6.07, 6.45) is 5.64. The van der Waals surface area contributed by atoms with Gasteiger partial charge in [-0.05, 0) is 50.3 Å². The van der Waals surface area contributed by atoms with Gasteiger partial charge in [-0.15, -0.1) is 23.1 Å². The van der Waals surface area contributed by atoms with Crippen LogP contribution in [-0.4, -0.2) is 24.2 Å². The molecular weight excluding hydrogens is 358 g/mol. The Kier molecular flexibility index (Phi) is 5.86. The Bertz CT molecular complexity index is 751. The van der Waals surface area contributed by atoms with Crippen LogP contribution in [0.4, 0.5) is 5.00 Å². The highest BCUT2D eigenvalue weighted by Gasteiger charge is 2.27. The maximum absolute atomic E-state index is 12.5. The molecule has 0 saturated carbocycles. The summed E-state index contributed by atoms with van der Waals surface area (Å²) in [4.78, 5) is 25.9. The van der Waals surface area contributed by atoms with Gasteiger partial charge in [-0.1, -0.05) is 0 Å². The molecule has 5 nitrogen and oxygen atoms in total. The number of fused-ring (bicyclic) bond motifs is 1. The second-order valence-corrected chi connectivity index (χ2v) is 8.36. The van der Waals surface area contributed by atoms with Crippen molar-refractivity contribution in [1.82, 2.24) is 0 Å². The van der Waals surface area contributed by atoms with E-state index < -0.39 is 0 Å². The topological polar surface area (TPSA) is 68.5 Å². The molecule has 134 valence electrons. The summed E-state index contributed by atoms with van der Waals surface area (Å²) < 4.78 is 10.2. The quantitative estimate of drug-likeness (QED) is 0.759. The van der Waals surface area contributed by atoms with Crippen LogP contribution in [0.25, 0.3) is 0 Å². The van der Waals surface area contributed by atoms with E-state index in [2.05, 4.69) is 5.32 Å². The van der Waals surface area contributed by atoms with Crippen LogP contribution in [0.3, 0.4) is 0 Å². The molecule has 7 heteroatoms.